The number of carbonyl (C=O) groups excluding carboxylic acids is 1. The summed E-state index contributed by atoms with van der Waals surface area (Å²) in [6.45, 7) is 11.1. The number of anilines is 1. The van der Waals surface area contributed by atoms with Crippen LogP contribution in [0.4, 0.5) is 5.82 Å². The minimum Gasteiger partial charge on any atom is -0.361 e. The van der Waals surface area contributed by atoms with Gasteiger partial charge < -0.3 is 14.4 Å². The lowest BCUT2D eigenvalue weighted by Crippen LogP contribution is -2.32. The minimum absolute atomic E-state index is 0.254. The zero-order chi connectivity index (χ0) is 31.6. The van der Waals surface area contributed by atoms with Gasteiger partial charge in [0, 0.05) is 68.8 Å². The molecule has 7 nitrogen and oxygen atoms in total. The maximum Gasteiger partial charge on any atom is 0.157 e. The Balaban J connectivity index is 1.19. The second-order valence-corrected chi connectivity index (χ2v) is 16.8. The van der Waals surface area contributed by atoms with Gasteiger partial charge in [-0.3, -0.25) is 4.79 Å². The van der Waals surface area contributed by atoms with Crippen LogP contribution < -0.4 is 4.90 Å². The molecule has 0 spiro atoms. The van der Waals surface area contributed by atoms with Crippen LogP contribution in [0.3, 0.4) is 0 Å². The Morgan fingerprint density at radius 2 is 1.33 bits per heavy atom. The first-order chi connectivity index (χ1) is 21.8. The number of carbonyl (C=O) groups is 1. The molecule has 0 N–H and O–H groups in total. The third-order valence-electron chi connectivity index (χ3n) is 8.71. The van der Waals surface area contributed by atoms with Gasteiger partial charge in [0.2, 0.25) is 0 Å². The highest BCUT2D eigenvalue weighted by atomic mass is 28.2. The Hall–Kier alpha value is -3.12. The summed E-state index contributed by atoms with van der Waals surface area (Å²) in [7, 11) is -0.508. The molecule has 0 aliphatic heterocycles. The van der Waals surface area contributed by atoms with E-state index in [9.17, 15) is 4.79 Å². The fourth-order valence-corrected chi connectivity index (χ4v) is 9.31. The van der Waals surface area contributed by atoms with Gasteiger partial charge in [0.05, 0.1) is 6.20 Å². The zero-order valence-corrected chi connectivity index (χ0v) is 30.5. The van der Waals surface area contributed by atoms with Gasteiger partial charge in [-0.15, -0.1) is 0 Å². The number of aromatic nitrogens is 3. The molecule has 45 heavy (non-hydrogen) atoms. The van der Waals surface area contributed by atoms with Crippen LogP contribution >= 0.6 is 0 Å². The topological polar surface area (TPSA) is 69.0 Å². The SMILES string of the molecule is Cc1cc(C)cc(C[SiH2]CCOCN(COCC[SiH2]Cc2cc(C)cc(C)c2)c2cc(C3CCC(=O)CC3)nc3ccnn23)c1. The fraction of sp³-hybridized carbons (Fsp3) is 0.472. The maximum absolute atomic E-state index is 11.9. The summed E-state index contributed by atoms with van der Waals surface area (Å²) in [6.07, 6.45) is 4.80. The molecule has 1 fully saturated rings. The lowest BCUT2D eigenvalue weighted by atomic mass is 9.86. The van der Waals surface area contributed by atoms with Gasteiger partial charge in [-0.1, -0.05) is 69.8 Å². The summed E-state index contributed by atoms with van der Waals surface area (Å²) in [5.41, 5.74) is 10.2. The highest BCUT2D eigenvalue weighted by Crippen LogP contribution is 2.32. The first-order valence-electron chi connectivity index (χ1n) is 16.8. The molecule has 240 valence electrons. The Morgan fingerprint density at radius 1 is 0.800 bits per heavy atom. The number of Topliss-reactive ketones (excluding diaryl/α,β-unsaturated/α-hetero) is 1. The van der Waals surface area contributed by atoms with Crippen molar-refractivity contribution in [3.63, 3.8) is 0 Å². The summed E-state index contributed by atoms with van der Waals surface area (Å²) in [5, 5.41) is 4.61. The molecular weight excluding hydrogens is 593 g/mol. The summed E-state index contributed by atoms with van der Waals surface area (Å²) in [4.78, 5) is 19.0. The second-order valence-electron chi connectivity index (χ2n) is 13.0. The number of benzene rings is 2. The average Bonchev–Trinajstić information content (AvgIpc) is 3.47. The molecule has 2 heterocycles. The number of hydrogen-bond acceptors (Lipinski definition) is 6. The molecule has 0 atom stereocenters. The molecule has 1 aliphatic carbocycles. The van der Waals surface area contributed by atoms with E-state index < -0.39 is 0 Å². The van der Waals surface area contributed by atoms with Gasteiger partial charge in [-0.05, 0) is 64.7 Å². The minimum atomic E-state index is -0.254. The number of ether oxygens (including phenoxy) is 2. The largest absolute Gasteiger partial charge is 0.361 e. The molecule has 9 heteroatoms. The van der Waals surface area contributed by atoms with Crippen LogP contribution in [0.25, 0.3) is 5.65 Å². The second kappa shape index (κ2) is 16.4. The fourth-order valence-electron chi connectivity index (χ4n) is 6.60. The standard InChI is InChI=1S/C36H50N4O3Si2/c1-26-15-27(2)18-30(17-26)22-44-13-11-42-24-39(25-43-12-14-45-23-31-19-28(3)16-29(4)20-31)36-21-34(32-5-7-33(41)8-6-32)38-35-9-10-37-40(35)36/h9-10,15-21,32H,5-8,11-14,22-25,44-45H2,1-4H3. The van der Waals surface area contributed by atoms with Crippen LogP contribution in [0.5, 0.6) is 0 Å². The summed E-state index contributed by atoms with van der Waals surface area (Å²) >= 11 is 0. The van der Waals surface area contributed by atoms with E-state index >= 15 is 0 Å². The predicted octanol–water partition coefficient (Wildman–Crippen LogP) is 5.52. The molecule has 0 amide bonds. The molecule has 4 aromatic rings. The van der Waals surface area contributed by atoms with Crippen molar-refractivity contribution >= 4 is 36.3 Å². The number of ketones is 1. The van der Waals surface area contributed by atoms with Gasteiger partial charge >= 0.3 is 0 Å². The third-order valence-corrected chi connectivity index (χ3v) is 12.2. The summed E-state index contributed by atoms with van der Waals surface area (Å²) in [5.74, 6) is 1.59. The molecule has 0 bridgehead atoms. The summed E-state index contributed by atoms with van der Waals surface area (Å²) < 4.78 is 14.5. The van der Waals surface area contributed by atoms with E-state index in [0.717, 1.165) is 55.3 Å². The van der Waals surface area contributed by atoms with Crippen LogP contribution in [0, 0.1) is 27.7 Å². The van der Waals surface area contributed by atoms with Gasteiger partial charge in [0.1, 0.15) is 25.1 Å². The lowest BCUT2D eigenvalue weighted by molar-refractivity contribution is -0.120. The van der Waals surface area contributed by atoms with Crippen LogP contribution in [0.2, 0.25) is 12.1 Å². The van der Waals surface area contributed by atoms with E-state index in [-0.39, 0.29) is 25.0 Å². The Bertz CT molecular complexity index is 1460. The molecule has 1 saturated carbocycles. The predicted molar refractivity (Wildman–Crippen MR) is 189 cm³/mol. The van der Waals surface area contributed by atoms with Gasteiger partial charge in [-0.2, -0.15) is 9.61 Å². The lowest BCUT2D eigenvalue weighted by Gasteiger charge is -2.27. The van der Waals surface area contributed by atoms with Gasteiger partial charge in [0.15, 0.2) is 5.65 Å². The Labute approximate surface area is 273 Å². The van der Waals surface area contributed by atoms with E-state index in [0.29, 0.717) is 32.1 Å². The van der Waals surface area contributed by atoms with Crippen molar-refractivity contribution in [2.75, 3.05) is 31.6 Å². The first kappa shape index (κ1) is 33.3. The Morgan fingerprint density at radius 3 is 1.87 bits per heavy atom. The van der Waals surface area contributed by atoms with Crippen molar-refractivity contribution in [1.82, 2.24) is 14.6 Å². The van der Waals surface area contributed by atoms with Crippen molar-refractivity contribution < 1.29 is 14.3 Å². The van der Waals surface area contributed by atoms with Crippen molar-refractivity contribution in [3.8, 4) is 0 Å². The van der Waals surface area contributed by atoms with Crippen molar-refractivity contribution in [2.45, 2.75) is 83.5 Å². The van der Waals surface area contributed by atoms with Crippen molar-refractivity contribution in [1.29, 1.82) is 0 Å². The quantitative estimate of drug-likeness (QED) is 0.0912. The molecule has 0 unspecified atom stereocenters. The third kappa shape index (κ3) is 9.93. The van der Waals surface area contributed by atoms with Crippen LogP contribution in [0.15, 0.2) is 54.7 Å². The molecule has 2 aromatic carbocycles. The van der Waals surface area contributed by atoms with E-state index in [2.05, 4.69) is 80.2 Å². The molecule has 1 aliphatic rings. The molecule has 0 saturated heterocycles. The number of aryl methyl sites for hydroxylation is 4. The molecule has 0 radical (unpaired) electrons. The first-order valence-corrected chi connectivity index (χ1v) is 20.8. The smallest absolute Gasteiger partial charge is 0.157 e. The molecule has 5 rings (SSSR count). The van der Waals surface area contributed by atoms with Gasteiger partial charge in [-0.25, -0.2) is 4.98 Å². The normalized spacial score (nSPS) is 14.5. The van der Waals surface area contributed by atoms with Crippen LogP contribution in [-0.4, -0.2) is 66.1 Å². The van der Waals surface area contributed by atoms with Crippen molar-refractivity contribution in [2.24, 2.45) is 0 Å². The van der Waals surface area contributed by atoms with Crippen LogP contribution in [0.1, 0.15) is 70.7 Å². The van der Waals surface area contributed by atoms with Crippen LogP contribution in [-0.2, 0) is 26.4 Å². The van der Waals surface area contributed by atoms with Crippen molar-refractivity contribution in [3.05, 3.63) is 93.8 Å². The van der Waals surface area contributed by atoms with E-state index in [1.165, 1.54) is 45.5 Å². The molecular formula is C36H50N4O3Si2. The van der Waals surface area contributed by atoms with E-state index in [1.807, 2.05) is 10.6 Å². The van der Waals surface area contributed by atoms with Gasteiger partial charge in [0.25, 0.3) is 0 Å². The highest BCUT2D eigenvalue weighted by molar-refractivity contribution is 6.35. The highest BCUT2D eigenvalue weighted by Gasteiger charge is 2.24. The molecule has 2 aromatic heterocycles. The number of fused-ring (bicyclic) bond motifs is 1. The number of rotatable bonds is 16. The summed E-state index contributed by atoms with van der Waals surface area (Å²) in [6, 6.07) is 22.6. The average molecular weight is 643 g/mol. The van der Waals surface area contributed by atoms with E-state index in [4.69, 9.17) is 14.5 Å². The zero-order valence-electron chi connectivity index (χ0n) is 27.7. The Kier molecular flexibility index (Phi) is 12.2. The number of hydrogen-bond donors (Lipinski definition) is 0. The van der Waals surface area contributed by atoms with E-state index in [1.54, 1.807) is 6.20 Å². The number of nitrogens with zero attached hydrogens (tertiary/aromatic N) is 4. The monoisotopic (exact) mass is 642 g/mol. The maximum atomic E-state index is 11.9.